The molecule has 0 aromatic heterocycles. The van der Waals surface area contributed by atoms with Crippen LogP contribution in [0.3, 0.4) is 0 Å². The molecule has 1 aromatic carbocycles. The molecule has 0 radical (unpaired) electrons. The molecule has 1 saturated carbocycles. The Morgan fingerprint density at radius 3 is 2.62 bits per heavy atom. The zero-order valence-electron chi connectivity index (χ0n) is 9.56. The molecule has 1 atom stereocenters. The van der Waals surface area contributed by atoms with E-state index in [0.717, 1.165) is 22.9 Å². The Bertz CT molecular complexity index is 410. The van der Waals surface area contributed by atoms with Crippen molar-refractivity contribution in [2.45, 2.75) is 38.7 Å². The van der Waals surface area contributed by atoms with Crippen molar-refractivity contribution >= 4 is 15.9 Å². The van der Waals surface area contributed by atoms with Crippen molar-refractivity contribution in [3.8, 4) is 0 Å². The lowest BCUT2D eigenvalue weighted by Gasteiger charge is -2.31. The van der Waals surface area contributed by atoms with Crippen molar-refractivity contribution in [3.05, 3.63) is 34.1 Å². The average Bonchev–Trinajstić information content (AvgIpc) is 2.90. The van der Waals surface area contributed by atoms with Crippen molar-refractivity contribution in [2.24, 2.45) is 5.41 Å². The Hall–Kier alpha value is -0.410. The summed E-state index contributed by atoms with van der Waals surface area (Å²) in [6.07, 6.45) is 2.70. The van der Waals surface area contributed by atoms with Crippen LogP contribution in [-0.4, -0.2) is 10.7 Å². The van der Waals surface area contributed by atoms with E-state index in [0.29, 0.717) is 6.42 Å². The molecule has 1 fully saturated rings. The van der Waals surface area contributed by atoms with Gasteiger partial charge in [0.25, 0.3) is 0 Å². The molecule has 88 valence electrons. The number of rotatable bonds is 3. The highest BCUT2D eigenvalue weighted by atomic mass is 79.9. The molecular formula is C13H16BrFO. The molecule has 0 saturated heterocycles. The Morgan fingerprint density at radius 2 is 2.12 bits per heavy atom. The average molecular weight is 287 g/mol. The standard InChI is InChI=1S/C13H16BrFO/c1-12(5-6-12)13(2,16)8-9-3-4-10(15)7-11(9)14/h3-4,7,16H,5-6,8H2,1-2H3. The van der Waals surface area contributed by atoms with Crippen LogP contribution in [0.5, 0.6) is 0 Å². The van der Waals surface area contributed by atoms with Crippen LogP contribution < -0.4 is 0 Å². The minimum Gasteiger partial charge on any atom is -0.389 e. The second-order valence-electron chi connectivity index (χ2n) is 5.25. The topological polar surface area (TPSA) is 20.2 Å². The number of hydrogen-bond acceptors (Lipinski definition) is 1. The van der Waals surface area contributed by atoms with Crippen LogP contribution in [0.25, 0.3) is 0 Å². The van der Waals surface area contributed by atoms with Gasteiger partial charge in [-0.25, -0.2) is 4.39 Å². The molecule has 1 nitrogen and oxygen atoms in total. The van der Waals surface area contributed by atoms with Crippen molar-refractivity contribution in [3.63, 3.8) is 0 Å². The third-order valence-electron chi connectivity index (χ3n) is 3.85. The first-order valence-corrected chi connectivity index (χ1v) is 6.30. The van der Waals surface area contributed by atoms with Gasteiger partial charge in [-0.1, -0.05) is 28.9 Å². The number of aliphatic hydroxyl groups is 1. The number of hydrogen-bond donors (Lipinski definition) is 1. The van der Waals surface area contributed by atoms with Gasteiger partial charge >= 0.3 is 0 Å². The SMILES string of the molecule is CC(O)(Cc1ccc(F)cc1Br)C1(C)CC1. The highest BCUT2D eigenvalue weighted by molar-refractivity contribution is 9.10. The Kier molecular flexibility index (Phi) is 2.87. The minimum atomic E-state index is -0.715. The van der Waals surface area contributed by atoms with Gasteiger partial charge in [0.15, 0.2) is 0 Å². The second kappa shape index (κ2) is 3.81. The van der Waals surface area contributed by atoms with Gasteiger partial charge in [0.1, 0.15) is 5.82 Å². The van der Waals surface area contributed by atoms with E-state index in [1.807, 2.05) is 6.92 Å². The van der Waals surface area contributed by atoms with Gasteiger partial charge < -0.3 is 5.11 Å². The summed E-state index contributed by atoms with van der Waals surface area (Å²) in [5.74, 6) is -0.257. The van der Waals surface area contributed by atoms with E-state index >= 15 is 0 Å². The van der Waals surface area contributed by atoms with E-state index in [1.54, 1.807) is 6.07 Å². The summed E-state index contributed by atoms with van der Waals surface area (Å²) in [5.41, 5.74) is 0.272. The maximum Gasteiger partial charge on any atom is 0.124 e. The molecule has 1 aliphatic rings. The van der Waals surface area contributed by atoms with Crippen LogP contribution >= 0.6 is 15.9 Å². The molecule has 0 spiro atoms. The van der Waals surface area contributed by atoms with E-state index in [1.165, 1.54) is 12.1 Å². The smallest absolute Gasteiger partial charge is 0.124 e. The van der Waals surface area contributed by atoms with Crippen LogP contribution in [0.15, 0.2) is 22.7 Å². The summed E-state index contributed by atoms with van der Waals surface area (Å²) < 4.78 is 13.7. The van der Waals surface area contributed by atoms with Gasteiger partial charge in [0.05, 0.1) is 5.60 Å². The third-order valence-corrected chi connectivity index (χ3v) is 4.59. The second-order valence-corrected chi connectivity index (χ2v) is 6.10. The van der Waals surface area contributed by atoms with E-state index in [4.69, 9.17) is 0 Å². The van der Waals surface area contributed by atoms with Gasteiger partial charge in [-0.15, -0.1) is 0 Å². The summed E-state index contributed by atoms with van der Waals surface area (Å²) >= 11 is 3.34. The van der Waals surface area contributed by atoms with Gasteiger partial charge in [-0.3, -0.25) is 0 Å². The first-order valence-electron chi connectivity index (χ1n) is 5.50. The van der Waals surface area contributed by atoms with E-state index in [-0.39, 0.29) is 11.2 Å². The van der Waals surface area contributed by atoms with Crippen molar-refractivity contribution < 1.29 is 9.50 Å². The predicted octanol–water partition coefficient (Wildman–Crippen LogP) is 3.68. The van der Waals surface area contributed by atoms with E-state index < -0.39 is 5.60 Å². The van der Waals surface area contributed by atoms with E-state index in [2.05, 4.69) is 22.9 Å². The molecule has 1 aromatic rings. The van der Waals surface area contributed by atoms with Crippen LogP contribution in [-0.2, 0) is 6.42 Å². The lowest BCUT2D eigenvalue weighted by molar-refractivity contribution is -0.00717. The summed E-state index contributed by atoms with van der Waals surface area (Å²) in [7, 11) is 0. The van der Waals surface area contributed by atoms with Gasteiger partial charge in [-0.05, 0) is 42.9 Å². The zero-order valence-corrected chi connectivity index (χ0v) is 11.1. The molecule has 0 bridgehead atoms. The molecule has 1 N–H and O–H groups in total. The highest BCUT2D eigenvalue weighted by Gasteiger charge is 2.52. The fourth-order valence-electron chi connectivity index (χ4n) is 1.98. The first-order chi connectivity index (χ1) is 7.34. The third kappa shape index (κ3) is 2.16. The number of halogens is 2. The molecule has 1 aliphatic carbocycles. The number of benzene rings is 1. The lowest BCUT2D eigenvalue weighted by Crippen LogP contribution is -2.36. The largest absolute Gasteiger partial charge is 0.389 e. The minimum absolute atomic E-state index is 0.0286. The molecule has 0 aliphatic heterocycles. The Labute approximate surface area is 104 Å². The Morgan fingerprint density at radius 1 is 1.50 bits per heavy atom. The fraction of sp³-hybridized carbons (Fsp3) is 0.538. The molecular weight excluding hydrogens is 271 g/mol. The highest BCUT2D eigenvalue weighted by Crippen LogP contribution is 2.54. The van der Waals surface area contributed by atoms with Gasteiger partial charge in [-0.2, -0.15) is 0 Å². The molecule has 1 unspecified atom stereocenters. The normalized spacial score (nSPS) is 21.6. The summed E-state index contributed by atoms with van der Waals surface area (Å²) in [6.45, 7) is 3.97. The molecule has 2 rings (SSSR count). The molecule has 16 heavy (non-hydrogen) atoms. The van der Waals surface area contributed by atoms with Gasteiger partial charge in [0.2, 0.25) is 0 Å². The van der Waals surface area contributed by atoms with Crippen LogP contribution in [0.2, 0.25) is 0 Å². The van der Waals surface area contributed by atoms with Crippen LogP contribution in [0.1, 0.15) is 32.3 Å². The van der Waals surface area contributed by atoms with E-state index in [9.17, 15) is 9.50 Å². The Balaban J connectivity index is 2.20. The van der Waals surface area contributed by atoms with Gasteiger partial charge in [0, 0.05) is 10.9 Å². The quantitative estimate of drug-likeness (QED) is 0.899. The van der Waals surface area contributed by atoms with Crippen molar-refractivity contribution in [1.29, 1.82) is 0 Å². The predicted molar refractivity (Wildman–Crippen MR) is 65.8 cm³/mol. The maximum absolute atomic E-state index is 12.9. The summed E-state index contributed by atoms with van der Waals surface area (Å²) in [6, 6.07) is 4.62. The summed E-state index contributed by atoms with van der Waals surface area (Å²) in [4.78, 5) is 0. The monoisotopic (exact) mass is 286 g/mol. The van der Waals surface area contributed by atoms with Crippen LogP contribution in [0, 0.1) is 11.2 Å². The maximum atomic E-state index is 12.9. The molecule has 0 amide bonds. The van der Waals surface area contributed by atoms with Crippen molar-refractivity contribution in [1.82, 2.24) is 0 Å². The van der Waals surface area contributed by atoms with Crippen molar-refractivity contribution in [2.75, 3.05) is 0 Å². The molecule has 3 heteroatoms. The fourth-order valence-corrected chi connectivity index (χ4v) is 2.47. The lowest BCUT2D eigenvalue weighted by atomic mass is 9.82. The first kappa shape index (κ1) is 12.1. The molecule has 0 heterocycles. The van der Waals surface area contributed by atoms with Crippen LogP contribution in [0.4, 0.5) is 4.39 Å². The summed E-state index contributed by atoms with van der Waals surface area (Å²) in [5, 5.41) is 10.4. The zero-order chi connectivity index (χ0) is 12.0.